The van der Waals surface area contributed by atoms with Crippen LogP contribution in [0.25, 0.3) is 0 Å². The summed E-state index contributed by atoms with van der Waals surface area (Å²) in [6.45, 7) is 4.66. The summed E-state index contributed by atoms with van der Waals surface area (Å²) in [5, 5.41) is 5.39. The number of nitrogens with two attached hydrogens (primary N) is 1. The zero-order valence-corrected chi connectivity index (χ0v) is 13.3. The van der Waals surface area contributed by atoms with Crippen LogP contribution in [0.4, 0.5) is 10.5 Å². The number of hydrogen-bond donors (Lipinski definition) is 3. The fraction of sp³-hybridized carbons (Fsp3) is 0.222. The van der Waals surface area contributed by atoms with Crippen molar-refractivity contribution in [1.82, 2.24) is 5.32 Å². The van der Waals surface area contributed by atoms with Crippen molar-refractivity contribution in [2.75, 3.05) is 11.9 Å². The summed E-state index contributed by atoms with van der Waals surface area (Å²) in [6, 6.07) is 16.0. The number of primary amides is 1. The van der Waals surface area contributed by atoms with Crippen LogP contribution in [0.5, 0.6) is 0 Å². The van der Waals surface area contributed by atoms with E-state index in [2.05, 4.69) is 24.5 Å². The molecule has 0 saturated heterocycles. The van der Waals surface area contributed by atoms with Gasteiger partial charge in [0, 0.05) is 23.2 Å². The minimum atomic E-state index is -0.659. The van der Waals surface area contributed by atoms with Gasteiger partial charge in [0.05, 0.1) is 0 Å². The number of hydrogen-bond acceptors (Lipinski definition) is 2. The number of benzene rings is 2. The highest BCUT2D eigenvalue weighted by Gasteiger charge is 2.21. The first-order valence-corrected chi connectivity index (χ1v) is 7.39. The molecular weight excluding hydrogens is 290 g/mol. The van der Waals surface area contributed by atoms with Crippen molar-refractivity contribution >= 4 is 17.6 Å². The molecule has 0 aliphatic carbocycles. The van der Waals surface area contributed by atoms with Crippen molar-refractivity contribution in [2.24, 2.45) is 5.73 Å². The molecule has 0 fully saturated rings. The molecule has 3 amide bonds. The number of anilines is 1. The highest BCUT2D eigenvalue weighted by Crippen LogP contribution is 2.22. The molecule has 120 valence electrons. The summed E-state index contributed by atoms with van der Waals surface area (Å²) >= 11 is 0. The van der Waals surface area contributed by atoms with Crippen molar-refractivity contribution in [3.63, 3.8) is 0 Å². The quantitative estimate of drug-likeness (QED) is 0.793. The predicted molar refractivity (Wildman–Crippen MR) is 91.4 cm³/mol. The van der Waals surface area contributed by atoms with E-state index in [9.17, 15) is 9.59 Å². The number of amides is 3. The minimum absolute atomic E-state index is 0.181. The Morgan fingerprint density at radius 2 is 1.74 bits per heavy atom. The topological polar surface area (TPSA) is 84.2 Å². The highest BCUT2D eigenvalue weighted by molar-refractivity contribution is 5.96. The maximum atomic E-state index is 12.3. The highest BCUT2D eigenvalue weighted by atomic mass is 16.2. The smallest absolute Gasteiger partial charge is 0.316 e. The van der Waals surface area contributed by atoms with E-state index in [1.807, 2.05) is 30.3 Å². The van der Waals surface area contributed by atoms with Crippen LogP contribution in [0.15, 0.2) is 54.6 Å². The molecule has 0 aliphatic rings. The zero-order valence-electron chi connectivity index (χ0n) is 13.3. The van der Waals surface area contributed by atoms with Crippen LogP contribution < -0.4 is 16.4 Å². The van der Waals surface area contributed by atoms with Crippen molar-refractivity contribution in [3.05, 3.63) is 65.7 Å². The van der Waals surface area contributed by atoms with Gasteiger partial charge in [0.2, 0.25) is 0 Å². The second-order valence-electron chi connectivity index (χ2n) is 6.00. The fourth-order valence-corrected chi connectivity index (χ4v) is 2.28. The number of nitrogens with one attached hydrogen (secondary N) is 2. The van der Waals surface area contributed by atoms with E-state index in [1.165, 1.54) is 0 Å². The number of rotatable bonds is 5. The fourth-order valence-electron chi connectivity index (χ4n) is 2.28. The summed E-state index contributed by atoms with van der Waals surface area (Å²) in [4.78, 5) is 23.2. The Balaban J connectivity index is 2.03. The molecular formula is C18H21N3O2. The Kier molecular flexibility index (Phi) is 5.01. The van der Waals surface area contributed by atoms with Crippen molar-refractivity contribution in [3.8, 4) is 0 Å². The largest absolute Gasteiger partial charge is 0.351 e. The molecule has 23 heavy (non-hydrogen) atoms. The lowest BCUT2D eigenvalue weighted by Gasteiger charge is -2.25. The summed E-state index contributed by atoms with van der Waals surface area (Å²) in [5.41, 5.74) is 7.02. The summed E-state index contributed by atoms with van der Waals surface area (Å²) in [5.74, 6) is -0.192. The third-order valence-electron chi connectivity index (χ3n) is 3.64. The second-order valence-corrected chi connectivity index (χ2v) is 6.00. The average molecular weight is 311 g/mol. The molecule has 0 aliphatic heterocycles. The third-order valence-corrected chi connectivity index (χ3v) is 3.64. The van der Waals surface area contributed by atoms with Gasteiger partial charge in [0.25, 0.3) is 5.91 Å². The Morgan fingerprint density at radius 3 is 2.39 bits per heavy atom. The van der Waals surface area contributed by atoms with E-state index in [4.69, 9.17) is 5.73 Å². The van der Waals surface area contributed by atoms with E-state index in [1.54, 1.807) is 24.3 Å². The first-order chi connectivity index (χ1) is 10.9. The molecule has 2 aromatic rings. The lowest BCUT2D eigenvalue weighted by atomic mass is 9.84. The molecule has 0 spiro atoms. The van der Waals surface area contributed by atoms with Gasteiger partial charge in [0.15, 0.2) is 0 Å². The number of carbonyl (C=O) groups is 2. The van der Waals surface area contributed by atoms with Gasteiger partial charge in [-0.1, -0.05) is 50.2 Å². The molecule has 0 atom stereocenters. The Morgan fingerprint density at radius 1 is 1.04 bits per heavy atom. The number of urea groups is 1. The molecule has 0 bridgehead atoms. The van der Waals surface area contributed by atoms with Gasteiger partial charge in [-0.25, -0.2) is 4.79 Å². The lowest BCUT2D eigenvalue weighted by Crippen LogP contribution is -2.36. The molecule has 0 saturated carbocycles. The lowest BCUT2D eigenvalue weighted by molar-refractivity contribution is 0.0945. The van der Waals surface area contributed by atoms with Crippen LogP contribution in [-0.4, -0.2) is 18.5 Å². The van der Waals surface area contributed by atoms with Gasteiger partial charge < -0.3 is 16.4 Å². The first kappa shape index (κ1) is 16.5. The summed E-state index contributed by atoms with van der Waals surface area (Å²) < 4.78 is 0. The predicted octanol–water partition coefficient (Wildman–Crippen LogP) is 2.88. The molecule has 2 rings (SSSR count). The van der Waals surface area contributed by atoms with Gasteiger partial charge in [0.1, 0.15) is 0 Å². The van der Waals surface area contributed by atoms with Gasteiger partial charge in [-0.05, 0) is 23.8 Å². The van der Waals surface area contributed by atoms with E-state index in [0.717, 1.165) is 5.56 Å². The van der Waals surface area contributed by atoms with Gasteiger partial charge >= 0.3 is 6.03 Å². The first-order valence-electron chi connectivity index (χ1n) is 7.39. The molecule has 0 unspecified atom stereocenters. The summed E-state index contributed by atoms with van der Waals surface area (Å²) in [6.07, 6.45) is 0. The maximum absolute atomic E-state index is 12.3. The molecule has 5 nitrogen and oxygen atoms in total. The van der Waals surface area contributed by atoms with Crippen molar-refractivity contribution < 1.29 is 9.59 Å². The molecule has 0 heterocycles. The molecule has 0 aromatic heterocycles. The average Bonchev–Trinajstić information content (AvgIpc) is 2.53. The molecule has 2 aromatic carbocycles. The molecule has 5 heteroatoms. The molecule has 4 N–H and O–H groups in total. The Hall–Kier alpha value is -2.82. The van der Waals surface area contributed by atoms with Crippen molar-refractivity contribution in [1.29, 1.82) is 0 Å². The zero-order chi connectivity index (χ0) is 16.9. The van der Waals surface area contributed by atoms with Gasteiger partial charge in [-0.15, -0.1) is 0 Å². The standard InChI is InChI=1S/C18H21N3O2/c1-18(2,14-8-4-3-5-9-14)12-20-16(22)13-7-6-10-15(11-13)21-17(19)23/h3-11H,12H2,1-2H3,(H,20,22)(H3,19,21,23). The Bertz CT molecular complexity index is 696. The molecule has 0 radical (unpaired) electrons. The maximum Gasteiger partial charge on any atom is 0.316 e. The van der Waals surface area contributed by atoms with Gasteiger partial charge in [-0.2, -0.15) is 0 Å². The van der Waals surface area contributed by atoms with E-state index >= 15 is 0 Å². The SMILES string of the molecule is CC(C)(CNC(=O)c1cccc(NC(N)=O)c1)c1ccccc1. The Labute approximate surface area is 135 Å². The van der Waals surface area contributed by atoms with Crippen molar-refractivity contribution in [2.45, 2.75) is 19.3 Å². The van der Waals surface area contributed by atoms with Crippen LogP contribution in [0.3, 0.4) is 0 Å². The van der Waals surface area contributed by atoms with Crippen LogP contribution >= 0.6 is 0 Å². The normalized spacial score (nSPS) is 10.9. The van der Waals surface area contributed by atoms with E-state index in [0.29, 0.717) is 17.8 Å². The van der Waals surface area contributed by atoms with Crippen LogP contribution in [0, 0.1) is 0 Å². The number of carbonyl (C=O) groups excluding carboxylic acids is 2. The third kappa shape index (κ3) is 4.57. The summed E-state index contributed by atoms with van der Waals surface area (Å²) in [7, 11) is 0. The van der Waals surface area contributed by atoms with Crippen LogP contribution in [0.2, 0.25) is 0 Å². The van der Waals surface area contributed by atoms with Crippen LogP contribution in [-0.2, 0) is 5.41 Å². The van der Waals surface area contributed by atoms with E-state index < -0.39 is 6.03 Å². The van der Waals surface area contributed by atoms with Crippen LogP contribution in [0.1, 0.15) is 29.8 Å². The second kappa shape index (κ2) is 6.96. The minimum Gasteiger partial charge on any atom is -0.351 e. The monoisotopic (exact) mass is 311 g/mol. The van der Waals surface area contributed by atoms with E-state index in [-0.39, 0.29) is 11.3 Å². The van der Waals surface area contributed by atoms with Gasteiger partial charge in [-0.3, -0.25) is 4.79 Å².